The van der Waals surface area contributed by atoms with E-state index in [0.717, 1.165) is 38.5 Å². The van der Waals surface area contributed by atoms with Crippen molar-refractivity contribution in [1.82, 2.24) is 4.90 Å². The third kappa shape index (κ3) is 31.9. The standard InChI is InChI=1S/C24H50ClNO8/c1-26(2)8-10-28-12-14-30-16-18-32-20-22-34-24-23-33-21-19-31-17-15-29-13-11-27-9-6-4-3-5-7-25/h3-24H2,1-2H3. The van der Waals surface area contributed by atoms with Gasteiger partial charge in [0.2, 0.25) is 0 Å². The van der Waals surface area contributed by atoms with Crippen LogP contribution in [0, 0.1) is 0 Å². The fraction of sp³-hybridized carbons (Fsp3) is 1.00. The van der Waals surface area contributed by atoms with E-state index >= 15 is 0 Å². The first-order valence-electron chi connectivity index (χ1n) is 12.6. The zero-order chi connectivity index (χ0) is 24.8. The lowest BCUT2D eigenvalue weighted by Gasteiger charge is -2.10. The Balaban J connectivity index is 3.00. The number of nitrogens with zero attached hydrogens (tertiary/aromatic N) is 1. The number of rotatable bonds is 30. The molecule has 0 fully saturated rings. The second-order valence-electron chi connectivity index (χ2n) is 7.81. The van der Waals surface area contributed by atoms with E-state index in [0.29, 0.717) is 92.5 Å². The molecule has 0 rings (SSSR count). The van der Waals surface area contributed by atoms with Gasteiger partial charge in [-0.15, -0.1) is 11.6 Å². The molecular formula is C24H50ClNO8. The molecule has 0 spiro atoms. The Bertz CT molecular complexity index is 370. The van der Waals surface area contributed by atoms with Crippen LogP contribution in [0.5, 0.6) is 0 Å². The van der Waals surface area contributed by atoms with E-state index in [9.17, 15) is 0 Å². The molecule has 10 heteroatoms. The predicted octanol–water partition coefficient (Wildman–Crippen LogP) is 2.48. The van der Waals surface area contributed by atoms with Crippen molar-refractivity contribution in [2.75, 3.05) is 132 Å². The van der Waals surface area contributed by atoms with Crippen LogP contribution in [0.25, 0.3) is 0 Å². The molecule has 0 unspecified atom stereocenters. The highest BCUT2D eigenvalue weighted by atomic mass is 35.5. The van der Waals surface area contributed by atoms with Gasteiger partial charge in [0.15, 0.2) is 0 Å². The number of hydrogen-bond acceptors (Lipinski definition) is 9. The summed E-state index contributed by atoms with van der Waals surface area (Å²) in [6.07, 6.45) is 4.53. The minimum atomic E-state index is 0.542. The Labute approximate surface area is 212 Å². The maximum absolute atomic E-state index is 5.64. The molecule has 0 saturated carbocycles. The molecule has 206 valence electrons. The minimum Gasteiger partial charge on any atom is -0.379 e. The van der Waals surface area contributed by atoms with Crippen LogP contribution < -0.4 is 0 Å². The van der Waals surface area contributed by atoms with Crippen LogP contribution in [0.1, 0.15) is 25.7 Å². The van der Waals surface area contributed by atoms with Crippen LogP contribution in [0.4, 0.5) is 0 Å². The first-order chi connectivity index (χ1) is 16.8. The number of ether oxygens (including phenoxy) is 8. The lowest BCUT2D eigenvalue weighted by Crippen LogP contribution is -2.19. The molecule has 0 radical (unpaired) electrons. The van der Waals surface area contributed by atoms with Gasteiger partial charge in [0.05, 0.1) is 99.1 Å². The normalized spacial score (nSPS) is 11.6. The van der Waals surface area contributed by atoms with E-state index in [1.165, 1.54) is 12.8 Å². The van der Waals surface area contributed by atoms with Gasteiger partial charge in [-0.1, -0.05) is 12.8 Å². The Hall–Kier alpha value is -0.0700. The maximum Gasteiger partial charge on any atom is 0.0701 e. The molecule has 0 aromatic rings. The fourth-order valence-electron chi connectivity index (χ4n) is 2.54. The number of alkyl halides is 1. The summed E-state index contributed by atoms with van der Waals surface area (Å²) in [5, 5.41) is 0. The molecule has 0 aliphatic carbocycles. The Kier molecular flexibility index (Phi) is 30.9. The van der Waals surface area contributed by atoms with Gasteiger partial charge in [-0.2, -0.15) is 0 Å². The largest absolute Gasteiger partial charge is 0.379 e. The van der Waals surface area contributed by atoms with Crippen LogP contribution in [-0.2, 0) is 37.9 Å². The highest BCUT2D eigenvalue weighted by molar-refractivity contribution is 6.17. The molecule has 0 aromatic heterocycles. The van der Waals surface area contributed by atoms with Crippen molar-refractivity contribution in [2.24, 2.45) is 0 Å². The van der Waals surface area contributed by atoms with Crippen molar-refractivity contribution in [3.63, 3.8) is 0 Å². The van der Waals surface area contributed by atoms with E-state index in [1.54, 1.807) is 0 Å². The average molecular weight is 516 g/mol. The van der Waals surface area contributed by atoms with Gasteiger partial charge in [0, 0.05) is 19.0 Å². The lowest BCUT2D eigenvalue weighted by atomic mass is 10.2. The number of likely N-dealkylation sites (N-methyl/N-ethyl adjacent to an activating group) is 1. The molecule has 0 aliphatic heterocycles. The zero-order valence-corrected chi connectivity index (χ0v) is 22.4. The van der Waals surface area contributed by atoms with Gasteiger partial charge in [-0.3, -0.25) is 0 Å². The van der Waals surface area contributed by atoms with Crippen molar-refractivity contribution in [2.45, 2.75) is 25.7 Å². The van der Waals surface area contributed by atoms with E-state index in [2.05, 4.69) is 4.90 Å². The molecule has 0 amide bonds. The van der Waals surface area contributed by atoms with Gasteiger partial charge in [-0.05, 0) is 26.9 Å². The molecule has 34 heavy (non-hydrogen) atoms. The molecule has 0 bridgehead atoms. The van der Waals surface area contributed by atoms with Gasteiger partial charge in [0.25, 0.3) is 0 Å². The van der Waals surface area contributed by atoms with Gasteiger partial charge < -0.3 is 42.8 Å². The molecular weight excluding hydrogens is 466 g/mol. The number of halogens is 1. The summed E-state index contributed by atoms with van der Waals surface area (Å²) in [5.74, 6) is 0.750. The summed E-state index contributed by atoms with van der Waals surface area (Å²) in [6, 6.07) is 0. The Morgan fingerprint density at radius 2 is 0.676 bits per heavy atom. The molecule has 0 atom stereocenters. The fourth-order valence-corrected chi connectivity index (χ4v) is 2.73. The SMILES string of the molecule is CN(C)CCOCCOCCOCCOCCOCCOCCOCCOCCCCCCCl. The first kappa shape index (κ1) is 33.9. The predicted molar refractivity (Wildman–Crippen MR) is 134 cm³/mol. The van der Waals surface area contributed by atoms with E-state index in [4.69, 9.17) is 49.5 Å². The molecule has 9 nitrogen and oxygen atoms in total. The van der Waals surface area contributed by atoms with Gasteiger partial charge in [0.1, 0.15) is 0 Å². The van der Waals surface area contributed by atoms with Crippen LogP contribution in [0.15, 0.2) is 0 Å². The van der Waals surface area contributed by atoms with Crippen molar-refractivity contribution < 1.29 is 37.9 Å². The number of unbranched alkanes of at least 4 members (excludes halogenated alkanes) is 3. The van der Waals surface area contributed by atoms with Crippen LogP contribution in [0.3, 0.4) is 0 Å². The summed E-state index contributed by atoms with van der Waals surface area (Å²) in [7, 11) is 4.05. The smallest absolute Gasteiger partial charge is 0.0701 e. The zero-order valence-electron chi connectivity index (χ0n) is 21.6. The molecule has 0 N–H and O–H groups in total. The second-order valence-corrected chi connectivity index (χ2v) is 8.18. The monoisotopic (exact) mass is 515 g/mol. The second kappa shape index (κ2) is 31.0. The molecule has 0 aliphatic rings. The molecule has 0 heterocycles. The Morgan fingerprint density at radius 1 is 0.382 bits per heavy atom. The molecule has 0 saturated heterocycles. The summed E-state index contributed by atoms with van der Waals surface area (Å²) >= 11 is 5.64. The van der Waals surface area contributed by atoms with E-state index in [-0.39, 0.29) is 0 Å². The third-order valence-corrected chi connectivity index (χ3v) is 4.73. The summed E-state index contributed by atoms with van der Waals surface area (Å²) in [5.41, 5.74) is 0. The maximum atomic E-state index is 5.64. The average Bonchev–Trinajstić information content (AvgIpc) is 2.83. The quantitative estimate of drug-likeness (QED) is 0.106. The lowest BCUT2D eigenvalue weighted by molar-refractivity contribution is -0.0233. The van der Waals surface area contributed by atoms with Crippen LogP contribution >= 0.6 is 11.6 Å². The van der Waals surface area contributed by atoms with Crippen molar-refractivity contribution in [3.05, 3.63) is 0 Å². The van der Waals surface area contributed by atoms with Gasteiger partial charge in [-0.25, -0.2) is 0 Å². The third-order valence-electron chi connectivity index (χ3n) is 4.46. The van der Waals surface area contributed by atoms with Gasteiger partial charge >= 0.3 is 0 Å². The van der Waals surface area contributed by atoms with E-state index in [1.807, 2.05) is 14.1 Å². The first-order valence-corrected chi connectivity index (χ1v) is 13.1. The topological polar surface area (TPSA) is 77.1 Å². The summed E-state index contributed by atoms with van der Waals surface area (Å²) in [6.45, 7) is 10.4. The highest BCUT2D eigenvalue weighted by Crippen LogP contribution is 2.01. The molecule has 0 aromatic carbocycles. The van der Waals surface area contributed by atoms with Crippen LogP contribution in [0.2, 0.25) is 0 Å². The van der Waals surface area contributed by atoms with Crippen molar-refractivity contribution in [3.8, 4) is 0 Å². The highest BCUT2D eigenvalue weighted by Gasteiger charge is 1.96. The number of hydrogen-bond donors (Lipinski definition) is 0. The van der Waals surface area contributed by atoms with E-state index < -0.39 is 0 Å². The van der Waals surface area contributed by atoms with Crippen molar-refractivity contribution in [1.29, 1.82) is 0 Å². The Morgan fingerprint density at radius 3 is 1.00 bits per heavy atom. The minimum absolute atomic E-state index is 0.542. The summed E-state index contributed by atoms with van der Waals surface area (Å²) in [4.78, 5) is 2.09. The summed E-state index contributed by atoms with van der Waals surface area (Å²) < 4.78 is 43.7. The van der Waals surface area contributed by atoms with Crippen LogP contribution in [-0.4, -0.2) is 137 Å². The van der Waals surface area contributed by atoms with Crippen molar-refractivity contribution >= 4 is 11.6 Å².